The zero-order valence-corrected chi connectivity index (χ0v) is 10.6. The predicted octanol–water partition coefficient (Wildman–Crippen LogP) is 0.746. The molecule has 1 aromatic heterocycles. The lowest BCUT2D eigenvalue weighted by Crippen LogP contribution is -2.38. The van der Waals surface area contributed by atoms with Gasteiger partial charge in [0, 0.05) is 18.9 Å². The van der Waals surface area contributed by atoms with Crippen LogP contribution in [0.25, 0.3) is 0 Å². The minimum atomic E-state index is -3.73. The Balaban J connectivity index is 3.00. The smallest absolute Gasteiger partial charge is 0.318 e. The van der Waals surface area contributed by atoms with Gasteiger partial charge in [-0.15, -0.1) is 0 Å². The average molecular weight is 260 g/mol. The van der Waals surface area contributed by atoms with Crippen LogP contribution in [0.5, 0.6) is 0 Å². The second kappa shape index (κ2) is 5.33. The van der Waals surface area contributed by atoms with E-state index in [2.05, 4.69) is 4.98 Å². The van der Waals surface area contributed by atoms with E-state index in [1.54, 1.807) is 0 Å². The van der Waals surface area contributed by atoms with Gasteiger partial charge in [0.1, 0.15) is 6.54 Å². The number of hydrogen-bond donors (Lipinski definition) is 2. The summed E-state index contributed by atoms with van der Waals surface area (Å²) in [6, 6.07) is 1.41. The molecule has 1 aromatic rings. The maximum absolute atomic E-state index is 12.1. The number of rotatable bonds is 6. The third-order valence-corrected chi connectivity index (χ3v) is 3.90. The van der Waals surface area contributed by atoms with Gasteiger partial charge in [0.05, 0.1) is 4.90 Å². The first-order valence-corrected chi connectivity index (χ1v) is 6.62. The van der Waals surface area contributed by atoms with Crippen molar-refractivity contribution in [3.63, 3.8) is 0 Å². The Morgan fingerprint density at radius 3 is 2.59 bits per heavy atom. The van der Waals surface area contributed by atoms with E-state index in [4.69, 9.17) is 5.11 Å². The highest BCUT2D eigenvalue weighted by molar-refractivity contribution is 7.89. The van der Waals surface area contributed by atoms with Crippen molar-refractivity contribution >= 4 is 16.0 Å². The fraction of sp³-hybridized carbons (Fsp3) is 0.500. The molecule has 6 nitrogen and oxygen atoms in total. The molecule has 0 bridgehead atoms. The van der Waals surface area contributed by atoms with Crippen molar-refractivity contribution in [2.24, 2.45) is 5.92 Å². The van der Waals surface area contributed by atoms with Crippen LogP contribution in [0.4, 0.5) is 0 Å². The summed E-state index contributed by atoms with van der Waals surface area (Å²) in [6.07, 6.45) is 2.83. The maximum Gasteiger partial charge on any atom is 0.318 e. The molecule has 0 spiro atoms. The number of aliphatic carboxylic acids is 1. The monoisotopic (exact) mass is 260 g/mol. The second-order valence-corrected chi connectivity index (χ2v) is 6.07. The van der Waals surface area contributed by atoms with Crippen LogP contribution in [0.15, 0.2) is 23.4 Å². The van der Waals surface area contributed by atoms with Gasteiger partial charge in [-0.3, -0.25) is 4.79 Å². The van der Waals surface area contributed by atoms with Gasteiger partial charge in [-0.2, -0.15) is 4.31 Å². The summed E-state index contributed by atoms with van der Waals surface area (Å²) in [4.78, 5) is 13.4. The molecule has 0 saturated carbocycles. The van der Waals surface area contributed by atoms with Crippen LogP contribution >= 0.6 is 0 Å². The Bertz CT molecular complexity index is 465. The fourth-order valence-corrected chi connectivity index (χ4v) is 2.95. The summed E-state index contributed by atoms with van der Waals surface area (Å²) in [6.45, 7) is 3.33. The lowest BCUT2D eigenvalue weighted by molar-refractivity contribution is -0.137. The molecule has 0 amide bonds. The average Bonchev–Trinajstić information content (AvgIpc) is 2.68. The highest BCUT2D eigenvalue weighted by atomic mass is 32.2. The molecule has 0 aliphatic rings. The van der Waals surface area contributed by atoms with Crippen LogP contribution < -0.4 is 0 Å². The Hall–Kier alpha value is -1.34. The number of hydrogen-bond acceptors (Lipinski definition) is 3. The number of H-pyrrole nitrogens is 1. The van der Waals surface area contributed by atoms with Crippen molar-refractivity contribution < 1.29 is 18.3 Å². The van der Waals surface area contributed by atoms with E-state index in [-0.39, 0.29) is 17.4 Å². The van der Waals surface area contributed by atoms with Gasteiger partial charge < -0.3 is 10.1 Å². The molecule has 0 radical (unpaired) electrons. The summed E-state index contributed by atoms with van der Waals surface area (Å²) < 4.78 is 25.2. The first kappa shape index (κ1) is 13.7. The van der Waals surface area contributed by atoms with Crippen molar-refractivity contribution in [3.05, 3.63) is 18.5 Å². The van der Waals surface area contributed by atoms with Gasteiger partial charge in [-0.25, -0.2) is 8.42 Å². The lowest BCUT2D eigenvalue weighted by Gasteiger charge is -2.21. The fourth-order valence-electron chi connectivity index (χ4n) is 1.42. The molecule has 0 aromatic carbocycles. The predicted molar refractivity (Wildman–Crippen MR) is 62.0 cm³/mol. The molecule has 2 N–H and O–H groups in total. The van der Waals surface area contributed by atoms with E-state index < -0.39 is 22.5 Å². The highest BCUT2D eigenvalue weighted by Crippen LogP contribution is 2.16. The van der Waals surface area contributed by atoms with Crippen molar-refractivity contribution in [1.82, 2.24) is 9.29 Å². The molecule has 1 rings (SSSR count). The number of nitrogens with zero attached hydrogens (tertiary/aromatic N) is 1. The summed E-state index contributed by atoms with van der Waals surface area (Å²) in [5, 5.41) is 8.74. The van der Waals surface area contributed by atoms with Crippen LogP contribution in [0.3, 0.4) is 0 Å². The van der Waals surface area contributed by atoms with Crippen LogP contribution in [-0.4, -0.2) is 41.9 Å². The first-order chi connectivity index (χ1) is 7.84. The number of nitrogens with one attached hydrogen (secondary N) is 1. The molecule has 0 atom stereocenters. The standard InChI is InChI=1S/C10H16N2O4S/c1-8(2)6-12(7-10(13)14)17(15,16)9-3-4-11-5-9/h3-5,8,11H,6-7H2,1-2H3,(H,13,14). The van der Waals surface area contributed by atoms with Gasteiger partial charge in [0.25, 0.3) is 0 Å². The topological polar surface area (TPSA) is 90.5 Å². The minimum Gasteiger partial charge on any atom is -0.480 e. The van der Waals surface area contributed by atoms with Gasteiger partial charge in [-0.1, -0.05) is 13.8 Å². The van der Waals surface area contributed by atoms with E-state index in [1.165, 1.54) is 18.5 Å². The van der Waals surface area contributed by atoms with Gasteiger partial charge >= 0.3 is 5.97 Å². The Morgan fingerprint density at radius 1 is 1.53 bits per heavy atom. The largest absolute Gasteiger partial charge is 0.480 e. The van der Waals surface area contributed by atoms with E-state index in [1.807, 2.05) is 13.8 Å². The summed E-state index contributed by atoms with van der Waals surface area (Å²) in [5.41, 5.74) is 0. The first-order valence-electron chi connectivity index (χ1n) is 5.18. The molecule has 0 aliphatic heterocycles. The van der Waals surface area contributed by atoms with Crippen molar-refractivity contribution in [1.29, 1.82) is 0 Å². The molecule has 96 valence electrons. The van der Waals surface area contributed by atoms with Crippen molar-refractivity contribution in [2.45, 2.75) is 18.7 Å². The molecular weight excluding hydrogens is 244 g/mol. The zero-order valence-electron chi connectivity index (χ0n) is 9.75. The summed E-state index contributed by atoms with van der Waals surface area (Å²) >= 11 is 0. The van der Waals surface area contributed by atoms with Crippen molar-refractivity contribution in [2.75, 3.05) is 13.1 Å². The number of aromatic nitrogens is 1. The second-order valence-electron chi connectivity index (χ2n) is 4.13. The van der Waals surface area contributed by atoms with E-state index in [0.29, 0.717) is 0 Å². The van der Waals surface area contributed by atoms with E-state index >= 15 is 0 Å². The zero-order chi connectivity index (χ0) is 13.1. The van der Waals surface area contributed by atoms with Crippen LogP contribution in [0.1, 0.15) is 13.8 Å². The SMILES string of the molecule is CC(C)CN(CC(=O)O)S(=O)(=O)c1cc[nH]c1. The highest BCUT2D eigenvalue weighted by Gasteiger charge is 2.27. The molecule has 0 aliphatic carbocycles. The molecule has 0 fully saturated rings. The number of carboxylic acids is 1. The third kappa shape index (κ3) is 3.57. The number of carbonyl (C=O) groups is 1. The van der Waals surface area contributed by atoms with Crippen molar-refractivity contribution in [3.8, 4) is 0 Å². The molecule has 1 heterocycles. The Kier molecular flexibility index (Phi) is 4.30. The summed E-state index contributed by atoms with van der Waals surface area (Å²) in [7, 11) is -3.73. The van der Waals surface area contributed by atoms with Crippen LogP contribution in [-0.2, 0) is 14.8 Å². The Labute approximate surface area is 100 Å². The summed E-state index contributed by atoms with van der Waals surface area (Å²) in [5.74, 6) is -1.10. The lowest BCUT2D eigenvalue weighted by atomic mass is 10.2. The van der Waals surface area contributed by atoms with Crippen LogP contribution in [0.2, 0.25) is 0 Å². The van der Waals surface area contributed by atoms with Gasteiger partial charge in [0.2, 0.25) is 10.0 Å². The van der Waals surface area contributed by atoms with E-state index in [9.17, 15) is 13.2 Å². The van der Waals surface area contributed by atoms with Gasteiger partial charge in [0.15, 0.2) is 0 Å². The number of sulfonamides is 1. The maximum atomic E-state index is 12.1. The van der Waals surface area contributed by atoms with E-state index in [0.717, 1.165) is 4.31 Å². The minimum absolute atomic E-state index is 0.0584. The molecule has 17 heavy (non-hydrogen) atoms. The molecule has 7 heteroatoms. The van der Waals surface area contributed by atoms with Gasteiger partial charge in [-0.05, 0) is 12.0 Å². The third-order valence-electron chi connectivity index (χ3n) is 2.09. The molecule has 0 unspecified atom stereocenters. The molecule has 0 saturated heterocycles. The van der Waals surface area contributed by atoms with Crippen LogP contribution in [0, 0.1) is 5.92 Å². The quantitative estimate of drug-likeness (QED) is 0.789. The number of aromatic amines is 1. The number of carboxylic acid groups (broad SMARTS) is 1. The Morgan fingerprint density at radius 2 is 2.18 bits per heavy atom. The molecular formula is C10H16N2O4S. The normalized spacial score (nSPS) is 12.2.